The van der Waals surface area contributed by atoms with Gasteiger partial charge in [0.25, 0.3) is 0 Å². The number of amides is 1. The van der Waals surface area contributed by atoms with Crippen molar-refractivity contribution in [2.24, 2.45) is 5.10 Å². The molecule has 0 aliphatic heterocycles. The predicted molar refractivity (Wildman–Crippen MR) is 120 cm³/mol. The van der Waals surface area contributed by atoms with E-state index < -0.39 is 0 Å². The minimum Gasteiger partial charge on any atom is -0.489 e. The summed E-state index contributed by atoms with van der Waals surface area (Å²) in [4.78, 5) is 12.9. The highest BCUT2D eigenvalue weighted by Crippen LogP contribution is 2.20. The van der Waals surface area contributed by atoms with E-state index in [0.717, 1.165) is 21.8 Å². The van der Waals surface area contributed by atoms with Crippen LogP contribution < -0.4 is 10.2 Å². The average molecular weight is 425 g/mol. The molecule has 0 saturated carbocycles. The van der Waals surface area contributed by atoms with Crippen LogP contribution in [0.2, 0.25) is 5.02 Å². The molecule has 0 aromatic heterocycles. The summed E-state index contributed by atoms with van der Waals surface area (Å²) in [6.07, 6.45) is 1.61. The second-order valence-corrected chi connectivity index (χ2v) is 7.87. The lowest BCUT2D eigenvalue weighted by molar-refractivity contribution is -0.118. The number of carbonyl (C=O) groups is 1. The number of halogens is 1. The van der Waals surface area contributed by atoms with E-state index in [2.05, 4.69) is 29.6 Å². The van der Waals surface area contributed by atoms with E-state index in [1.54, 1.807) is 18.3 Å². The first kappa shape index (κ1) is 21.0. The molecule has 0 spiro atoms. The zero-order valence-electron chi connectivity index (χ0n) is 16.0. The Kier molecular flexibility index (Phi) is 7.73. The zero-order chi connectivity index (χ0) is 20.5. The summed E-state index contributed by atoms with van der Waals surface area (Å²) in [6, 6.07) is 23.2. The van der Waals surface area contributed by atoms with Crippen molar-refractivity contribution in [2.45, 2.75) is 18.4 Å². The van der Waals surface area contributed by atoms with E-state index in [1.807, 2.05) is 48.5 Å². The van der Waals surface area contributed by atoms with Gasteiger partial charge in [-0.1, -0.05) is 41.4 Å². The molecule has 6 heteroatoms. The standard InChI is InChI=1S/C23H21ClN2O2S/c1-17-3-2-4-19(13-17)15-28-21-9-5-18(6-10-21)14-25-26-23(27)16-29-22-11-7-20(24)8-12-22/h2-14H,15-16H2,1H3,(H,26,27)/b25-14-. The van der Waals surface area contributed by atoms with Gasteiger partial charge in [-0.2, -0.15) is 5.10 Å². The number of carbonyl (C=O) groups excluding carboxylic acids is 1. The third kappa shape index (κ3) is 7.29. The normalized spacial score (nSPS) is 10.8. The number of ether oxygens (including phenoxy) is 1. The lowest BCUT2D eigenvalue weighted by Crippen LogP contribution is -2.19. The Morgan fingerprint density at radius 3 is 2.59 bits per heavy atom. The Balaban J connectivity index is 1.42. The van der Waals surface area contributed by atoms with Crippen molar-refractivity contribution in [3.63, 3.8) is 0 Å². The fourth-order valence-electron chi connectivity index (χ4n) is 2.51. The molecular weight excluding hydrogens is 404 g/mol. The van der Waals surface area contributed by atoms with E-state index in [9.17, 15) is 4.79 Å². The number of nitrogens with zero attached hydrogens (tertiary/aromatic N) is 1. The molecule has 4 nitrogen and oxygen atoms in total. The van der Waals surface area contributed by atoms with Crippen LogP contribution in [-0.2, 0) is 11.4 Å². The van der Waals surface area contributed by atoms with Gasteiger partial charge < -0.3 is 4.74 Å². The number of benzene rings is 3. The third-order valence-electron chi connectivity index (χ3n) is 3.95. The highest BCUT2D eigenvalue weighted by molar-refractivity contribution is 8.00. The first-order chi connectivity index (χ1) is 14.1. The first-order valence-electron chi connectivity index (χ1n) is 9.07. The van der Waals surface area contributed by atoms with Gasteiger partial charge in [0.1, 0.15) is 12.4 Å². The molecule has 0 radical (unpaired) electrons. The van der Waals surface area contributed by atoms with Crippen molar-refractivity contribution in [3.05, 3.63) is 94.5 Å². The third-order valence-corrected chi connectivity index (χ3v) is 5.22. The molecule has 0 saturated heterocycles. The fourth-order valence-corrected chi connectivity index (χ4v) is 3.33. The van der Waals surface area contributed by atoms with Crippen LogP contribution in [0, 0.1) is 6.92 Å². The van der Waals surface area contributed by atoms with Gasteiger partial charge in [-0.25, -0.2) is 5.43 Å². The van der Waals surface area contributed by atoms with E-state index in [-0.39, 0.29) is 11.7 Å². The molecule has 1 N–H and O–H groups in total. The second kappa shape index (κ2) is 10.7. The molecule has 3 rings (SSSR count). The van der Waals surface area contributed by atoms with Crippen LogP contribution in [-0.4, -0.2) is 17.9 Å². The van der Waals surface area contributed by atoms with Crippen molar-refractivity contribution in [1.82, 2.24) is 5.43 Å². The van der Waals surface area contributed by atoms with Gasteiger partial charge in [0.05, 0.1) is 12.0 Å². The molecule has 0 atom stereocenters. The van der Waals surface area contributed by atoms with Gasteiger partial charge in [-0.3, -0.25) is 4.79 Å². The smallest absolute Gasteiger partial charge is 0.250 e. The Labute approximate surface area is 179 Å². The molecule has 3 aromatic carbocycles. The molecule has 0 aliphatic rings. The summed E-state index contributed by atoms with van der Waals surface area (Å²) in [7, 11) is 0. The average Bonchev–Trinajstić information content (AvgIpc) is 2.73. The van der Waals surface area contributed by atoms with Crippen molar-refractivity contribution in [2.75, 3.05) is 5.75 Å². The Morgan fingerprint density at radius 1 is 1.10 bits per heavy atom. The maximum atomic E-state index is 11.9. The first-order valence-corrected chi connectivity index (χ1v) is 10.4. The highest BCUT2D eigenvalue weighted by Gasteiger charge is 2.02. The molecule has 0 bridgehead atoms. The molecule has 0 unspecified atom stereocenters. The number of nitrogens with one attached hydrogen (secondary N) is 1. The molecule has 0 aliphatic carbocycles. The van der Waals surface area contributed by atoms with Crippen LogP contribution in [0.1, 0.15) is 16.7 Å². The summed E-state index contributed by atoms with van der Waals surface area (Å²) in [5.74, 6) is 0.899. The topological polar surface area (TPSA) is 50.7 Å². The molecule has 148 valence electrons. The minimum atomic E-state index is -0.167. The monoisotopic (exact) mass is 424 g/mol. The van der Waals surface area contributed by atoms with E-state index in [1.165, 1.54) is 17.3 Å². The maximum absolute atomic E-state index is 11.9. The van der Waals surface area contributed by atoms with Gasteiger partial charge in [0.2, 0.25) is 5.91 Å². The van der Waals surface area contributed by atoms with Crippen LogP contribution >= 0.6 is 23.4 Å². The van der Waals surface area contributed by atoms with E-state index in [4.69, 9.17) is 16.3 Å². The summed E-state index contributed by atoms with van der Waals surface area (Å²) in [5.41, 5.74) is 5.75. The van der Waals surface area contributed by atoms with Crippen molar-refractivity contribution in [3.8, 4) is 5.75 Å². The van der Waals surface area contributed by atoms with Crippen molar-refractivity contribution >= 4 is 35.5 Å². The zero-order valence-corrected chi connectivity index (χ0v) is 17.5. The lowest BCUT2D eigenvalue weighted by Gasteiger charge is -2.07. The van der Waals surface area contributed by atoms with Crippen LogP contribution in [0.3, 0.4) is 0 Å². The van der Waals surface area contributed by atoms with Crippen molar-refractivity contribution < 1.29 is 9.53 Å². The largest absolute Gasteiger partial charge is 0.489 e. The van der Waals surface area contributed by atoms with Gasteiger partial charge in [0.15, 0.2) is 0 Å². The minimum absolute atomic E-state index is 0.167. The number of hydrogen-bond donors (Lipinski definition) is 1. The van der Waals surface area contributed by atoms with Gasteiger partial charge >= 0.3 is 0 Å². The van der Waals surface area contributed by atoms with Gasteiger partial charge in [0, 0.05) is 9.92 Å². The summed E-state index contributed by atoms with van der Waals surface area (Å²) < 4.78 is 5.80. The molecule has 1 amide bonds. The molecule has 0 heterocycles. The lowest BCUT2D eigenvalue weighted by atomic mass is 10.1. The van der Waals surface area contributed by atoms with Crippen molar-refractivity contribution in [1.29, 1.82) is 0 Å². The van der Waals surface area contributed by atoms with Crippen LogP contribution in [0.25, 0.3) is 0 Å². The molecule has 0 fully saturated rings. The van der Waals surface area contributed by atoms with Gasteiger partial charge in [-0.05, 0) is 66.6 Å². The highest BCUT2D eigenvalue weighted by atomic mass is 35.5. The summed E-state index contributed by atoms with van der Waals surface area (Å²) in [5, 5.41) is 4.68. The van der Waals surface area contributed by atoms with E-state index in [0.29, 0.717) is 11.6 Å². The predicted octanol–water partition coefficient (Wildman–Crippen LogP) is 5.47. The summed E-state index contributed by atoms with van der Waals surface area (Å²) in [6.45, 7) is 2.59. The number of thioether (sulfide) groups is 1. The number of rotatable bonds is 8. The Hall–Kier alpha value is -2.76. The van der Waals surface area contributed by atoms with Crippen LogP contribution in [0.5, 0.6) is 5.75 Å². The van der Waals surface area contributed by atoms with Gasteiger partial charge in [-0.15, -0.1) is 11.8 Å². The van der Waals surface area contributed by atoms with Crippen LogP contribution in [0.15, 0.2) is 82.8 Å². The summed E-state index contributed by atoms with van der Waals surface area (Å²) >= 11 is 7.28. The molecular formula is C23H21ClN2O2S. The number of hydrogen-bond acceptors (Lipinski definition) is 4. The quantitative estimate of drug-likeness (QED) is 0.296. The Morgan fingerprint density at radius 2 is 1.86 bits per heavy atom. The second-order valence-electron chi connectivity index (χ2n) is 6.38. The SMILES string of the molecule is Cc1cccc(COc2ccc(/C=N\NC(=O)CSc3ccc(Cl)cc3)cc2)c1. The Bertz CT molecular complexity index is 973. The molecule has 29 heavy (non-hydrogen) atoms. The maximum Gasteiger partial charge on any atom is 0.250 e. The number of aryl methyl sites for hydroxylation is 1. The molecule has 3 aromatic rings. The number of hydrazone groups is 1. The fraction of sp³-hybridized carbons (Fsp3) is 0.130. The van der Waals surface area contributed by atoms with Crippen LogP contribution in [0.4, 0.5) is 0 Å². The van der Waals surface area contributed by atoms with E-state index >= 15 is 0 Å².